The summed E-state index contributed by atoms with van der Waals surface area (Å²) in [7, 11) is 0. The van der Waals surface area contributed by atoms with E-state index < -0.39 is 0 Å². The van der Waals surface area contributed by atoms with Gasteiger partial charge in [0, 0.05) is 25.3 Å². The summed E-state index contributed by atoms with van der Waals surface area (Å²) in [5, 5.41) is 3.34. The average Bonchev–Trinajstić information content (AvgIpc) is 2.75. The lowest BCUT2D eigenvalue weighted by molar-refractivity contribution is 0.110. The maximum Gasteiger partial charge on any atom is 0.0947 e. The highest BCUT2D eigenvalue weighted by Crippen LogP contribution is 2.10. The molecular weight excluding hydrogens is 166 g/mol. The molecule has 3 heteroatoms. The Labute approximate surface area is 78.1 Å². The molecule has 0 aliphatic carbocycles. The van der Waals surface area contributed by atoms with E-state index in [2.05, 4.69) is 5.32 Å². The molecule has 0 radical (unpaired) electrons. The molecule has 1 aromatic heterocycles. The maximum absolute atomic E-state index is 5.49. The number of rotatable bonds is 4. The van der Waals surface area contributed by atoms with E-state index in [-0.39, 0.29) is 0 Å². The summed E-state index contributed by atoms with van der Waals surface area (Å²) in [6, 6.07) is 1.97. The molecule has 1 N–H and O–H groups in total. The van der Waals surface area contributed by atoms with Crippen molar-refractivity contribution in [3.63, 3.8) is 0 Å². The second-order valence-corrected chi connectivity index (χ2v) is 3.40. The van der Waals surface area contributed by atoms with Crippen molar-refractivity contribution in [3.8, 4) is 0 Å². The van der Waals surface area contributed by atoms with Gasteiger partial charge in [0.05, 0.1) is 18.6 Å². The van der Waals surface area contributed by atoms with E-state index >= 15 is 0 Å². The minimum absolute atomic E-state index is 0.423. The zero-order valence-corrected chi connectivity index (χ0v) is 7.66. The average molecular weight is 181 g/mol. The molecule has 0 saturated carbocycles. The van der Waals surface area contributed by atoms with E-state index in [0.717, 1.165) is 19.7 Å². The summed E-state index contributed by atoms with van der Waals surface area (Å²) in [6.45, 7) is 2.75. The summed E-state index contributed by atoms with van der Waals surface area (Å²) < 4.78 is 10.5. The smallest absolute Gasteiger partial charge is 0.0947 e. The van der Waals surface area contributed by atoms with E-state index in [9.17, 15) is 0 Å². The highest BCUT2D eigenvalue weighted by molar-refractivity contribution is 5.04. The van der Waals surface area contributed by atoms with Gasteiger partial charge in [-0.1, -0.05) is 0 Å². The number of hydrogen-bond acceptors (Lipinski definition) is 3. The van der Waals surface area contributed by atoms with Crippen molar-refractivity contribution < 1.29 is 9.15 Å². The Balaban J connectivity index is 1.63. The fourth-order valence-corrected chi connectivity index (χ4v) is 1.58. The van der Waals surface area contributed by atoms with E-state index in [1.807, 2.05) is 6.07 Å². The molecule has 1 aromatic rings. The molecule has 0 bridgehead atoms. The van der Waals surface area contributed by atoms with Crippen LogP contribution in [0.15, 0.2) is 23.0 Å². The Morgan fingerprint density at radius 2 is 2.54 bits per heavy atom. The third kappa shape index (κ3) is 2.57. The summed E-state index contributed by atoms with van der Waals surface area (Å²) in [5.74, 6) is 0. The number of hydrogen-bond donors (Lipinski definition) is 1. The van der Waals surface area contributed by atoms with Crippen LogP contribution >= 0.6 is 0 Å². The number of nitrogens with one attached hydrogen (secondary N) is 1. The zero-order valence-electron chi connectivity index (χ0n) is 7.66. The lowest BCUT2D eigenvalue weighted by Crippen LogP contribution is -2.25. The first-order chi connectivity index (χ1) is 6.45. The maximum atomic E-state index is 5.49. The van der Waals surface area contributed by atoms with Crippen molar-refractivity contribution in [1.82, 2.24) is 5.32 Å². The van der Waals surface area contributed by atoms with Gasteiger partial charge in [0.2, 0.25) is 0 Å². The first-order valence-corrected chi connectivity index (χ1v) is 4.78. The van der Waals surface area contributed by atoms with E-state index in [1.54, 1.807) is 12.5 Å². The van der Waals surface area contributed by atoms with Crippen LogP contribution in [0, 0.1) is 0 Å². The van der Waals surface area contributed by atoms with Gasteiger partial charge in [-0.05, 0) is 18.9 Å². The number of furan rings is 1. The molecule has 72 valence electrons. The topological polar surface area (TPSA) is 34.4 Å². The predicted molar refractivity (Wildman–Crippen MR) is 49.4 cm³/mol. The van der Waals surface area contributed by atoms with Crippen LogP contribution in [0.3, 0.4) is 0 Å². The SMILES string of the molecule is c1cc(CNC[C@@H]2CCCO2)co1. The highest BCUT2D eigenvalue weighted by Gasteiger charge is 2.14. The molecule has 0 unspecified atom stereocenters. The molecule has 1 aliphatic heterocycles. The molecule has 0 amide bonds. The molecule has 13 heavy (non-hydrogen) atoms. The summed E-state index contributed by atoms with van der Waals surface area (Å²) in [5.41, 5.74) is 1.19. The van der Waals surface area contributed by atoms with Crippen LogP contribution in [0.1, 0.15) is 18.4 Å². The molecule has 2 heterocycles. The van der Waals surface area contributed by atoms with Crippen LogP contribution in [0.2, 0.25) is 0 Å². The van der Waals surface area contributed by atoms with Gasteiger partial charge < -0.3 is 14.5 Å². The van der Waals surface area contributed by atoms with Gasteiger partial charge in [0.1, 0.15) is 0 Å². The van der Waals surface area contributed by atoms with E-state index in [4.69, 9.17) is 9.15 Å². The van der Waals surface area contributed by atoms with Crippen LogP contribution in [-0.4, -0.2) is 19.3 Å². The van der Waals surface area contributed by atoms with Gasteiger partial charge in [-0.2, -0.15) is 0 Å². The summed E-state index contributed by atoms with van der Waals surface area (Å²) >= 11 is 0. The van der Waals surface area contributed by atoms with E-state index in [1.165, 1.54) is 18.4 Å². The molecule has 0 aromatic carbocycles. The van der Waals surface area contributed by atoms with Crippen LogP contribution in [0.5, 0.6) is 0 Å². The highest BCUT2D eigenvalue weighted by atomic mass is 16.5. The van der Waals surface area contributed by atoms with Gasteiger partial charge in [0.25, 0.3) is 0 Å². The Kier molecular flexibility index (Phi) is 3.00. The van der Waals surface area contributed by atoms with Crippen LogP contribution in [0.4, 0.5) is 0 Å². The molecule has 1 atom stereocenters. The van der Waals surface area contributed by atoms with Crippen molar-refractivity contribution in [2.75, 3.05) is 13.2 Å². The molecule has 1 fully saturated rings. The van der Waals surface area contributed by atoms with Gasteiger partial charge in [-0.15, -0.1) is 0 Å². The Morgan fingerprint density at radius 3 is 3.23 bits per heavy atom. The second kappa shape index (κ2) is 4.44. The Morgan fingerprint density at radius 1 is 1.54 bits per heavy atom. The van der Waals surface area contributed by atoms with Crippen molar-refractivity contribution >= 4 is 0 Å². The van der Waals surface area contributed by atoms with Crippen molar-refractivity contribution in [2.45, 2.75) is 25.5 Å². The van der Waals surface area contributed by atoms with Gasteiger partial charge >= 0.3 is 0 Å². The second-order valence-electron chi connectivity index (χ2n) is 3.40. The Hall–Kier alpha value is -0.800. The monoisotopic (exact) mass is 181 g/mol. The standard InChI is InChI=1S/C10H15NO2/c1-2-10(13-4-1)7-11-6-9-3-5-12-8-9/h3,5,8,10-11H,1-2,4,6-7H2/t10-/m0/s1. The van der Waals surface area contributed by atoms with E-state index in [0.29, 0.717) is 6.10 Å². The van der Waals surface area contributed by atoms with Crippen LogP contribution in [0.25, 0.3) is 0 Å². The largest absolute Gasteiger partial charge is 0.472 e. The van der Waals surface area contributed by atoms with Crippen LogP contribution < -0.4 is 5.32 Å². The van der Waals surface area contributed by atoms with Gasteiger partial charge in [0.15, 0.2) is 0 Å². The van der Waals surface area contributed by atoms with Crippen molar-refractivity contribution in [1.29, 1.82) is 0 Å². The zero-order chi connectivity index (χ0) is 8.93. The van der Waals surface area contributed by atoms with Crippen molar-refractivity contribution in [2.24, 2.45) is 0 Å². The van der Waals surface area contributed by atoms with Gasteiger partial charge in [-0.3, -0.25) is 0 Å². The minimum Gasteiger partial charge on any atom is -0.472 e. The third-order valence-corrected chi connectivity index (χ3v) is 2.31. The fraction of sp³-hybridized carbons (Fsp3) is 0.600. The Bertz CT molecular complexity index is 227. The fourth-order valence-electron chi connectivity index (χ4n) is 1.58. The molecule has 0 spiro atoms. The first kappa shape index (κ1) is 8.78. The lowest BCUT2D eigenvalue weighted by atomic mass is 10.2. The summed E-state index contributed by atoms with van der Waals surface area (Å²) in [6.07, 6.45) is 6.29. The first-order valence-electron chi connectivity index (χ1n) is 4.78. The molecule has 3 nitrogen and oxygen atoms in total. The van der Waals surface area contributed by atoms with Gasteiger partial charge in [-0.25, -0.2) is 0 Å². The molecule has 1 aliphatic rings. The van der Waals surface area contributed by atoms with Crippen molar-refractivity contribution in [3.05, 3.63) is 24.2 Å². The molecule has 1 saturated heterocycles. The molecule has 2 rings (SSSR count). The number of ether oxygens (including phenoxy) is 1. The minimum atomic E-state index is 0.423. The quantitative estimate of drug-likeness (QED) is 0.765. The predicted octanol–water partition coefficient (Wildman–Crippen LogP) is 1.55. The van der Waals surface area contributed by atoms with Crippen LogP contribution in [-0.2, 0) is 11.3 Å². The third-order valence-electron chi connectivity index (χ3n) is 2.31. The lowest BCUT2D eigenvalue weighted by Gasteiger charge is -2.09. The summed E-state index contributed by atoms with van der Waals surface area (Å²) in [4.78, 5) is 0. The molecular formula is C10H15NO2. The normalized spacial score (nSPS) is 22.3.